The second-order valence-corrected chi connectivity index (χ2v) is 3.80. The summed E-state index contributed by atoms with van der Waals surface area (Å²) in [5.74, 6) is -0.723. The molecule has 0 radical (unpaired) electrons. The first-order valence-corrected chi connectivity index (χ1v) is 4.32. The van der Waals surface area contributed by atoms with Gasteiger partial charge in [0.25, 0.3) is 0 Å². The van der Waals surface area contributed by atoms with Crippen molar-refractivity contribution in [1.82, 2.24) is 0 Å². The normalized spacial score (nSPS) is 47.6. The van der Waals surface area contributed by atoms with Crippen LogP contribution in [-0.4, -0.2) is 28.1 Å². The minimum absolute atomic E-state index is 0.0602. The molecule has 1 N–H and O–H groups in total. The third-order valence-electron chi connectivity index (χ3n) is 2.05. The Balaban J connectivity index is 2.35. The Hall–Kier alpha value is -0.350. The number of aliphatic hydroxyl groups excluding tert-OH is 1. The van der Waals surface area contributed by atoms with Crippen molar-refractivity contribution in [3.8, 4) is 0 Å². The SMILES string of the molecule is O=C1OC2C=CC(O)C1C2Br. The van der Waals surface area contributed by atoms with Crippen LogP contribution >= 0.6 is 15.9 Å². The Kier molecular flexibility index (Phi) is 1.54. The number of fused-ring (bicyclic) bond motifs is 2. The molecule has 11 heavy (non-hydrogen) atoms. The highest BCUT2D eigenvalue weighted by Crippen LogP contribution is 2.35. The van der Waals surface area contributed by atoms with Crippen molar-refractivity contribution in [2.75, 3.05) is 0 Å². The van der Waals surface area contributed by atoms with Gasteiger partial charge in [-0.25, -0.2) is 0 Å². The van der Waals surface area contributed by atoms with Crippen molar-refractivity contribution in [3.05, 3.63) is 12.2 Å². The molecule has 1 aliphatic heterocycles. The van der Waals surface area contributed by atoms with E-state index in [1.807, 2.05) is 0 Å². The van der Waals surface area contributed by atoms with Gasteiger partial charge >= 0.3 is 5.97 Å². The van der Waals surface area contributed by atoms with Gasteiger partial charge in [-0.05, 0) is 6.08 Å². The largest absolute Gasteiger partial charge is 0.457 e. The Morgan fingerprint density at radius 2 is 2.27 bits per heavy atom. The molecule has 60 valence electrons. The molecule has 2 bridgehead atoms. The first kappa shape index (κ1) is 7.31. The molecule has 1 fully saturated rings. The molecule has 4 heteroatoms. The van der Waals surface area contributed by atoms with Crippen LogP contribution in [0.15, 0.2) is 12.2 Å². The Morgan fingerprint density at radius 1 is 1.55 bits per heavy atom. The summed E-state index contributed by atoms with van der Waals surface area (Å²) in [5.41, 5.74) is 0. The lowest BCUT2D eigenvalue weighted by atomic mass is 9.93. The number of carbonyl (C=O) groups excluding carboxylic acids is 1. The van der Waals surface area contributed by atoms with Gasteiger partial charge < -0.3 is 9.84 Å². The molecule has 0 aromatic rings. The standard InChI is InChI=1S/C7H7BrO3/c8-6-4-2-1-3(9)5(6)7(10)11-4/h1-6,9H. The van der Waals surface area contributed by atoms with Gasteiger partial charge in [-0.1, -0.05) is 22.0 Å². The molecule has 1 saturated heterocycles. The van der Waals surface area contributed by atoms with Crippen molar-refractivity contribution in [2.24, 2.45) is 5.92 Å². The van der Waals surface area contributed by atoms with Gasteiger partial charge in [0, 0.05) is 0 Å². The van der Waals surface area contributed by atoms with E-state index in [-0.39, 0.29) is 16.9 Å². The molecule has 0 saturated carbocycles. The van der Waals surface area contributed by atoms with Gasteiger partial charge in [0.1, 0.15) is 12.0 Å². The van der Waals surface area contributed by atoms with E-state index in [1.165, 1.54) is 0 Å². The van der Waals surface area contributed by atoms with Crippen molar-refractivity contribution < 1.29 is 14.6 Å². The van der Waals surface area contributed by atoms with Crippen LogP contribution in [0.2, 0.25) is 0 Å². The van der Waals surface area contributed by atoms with E-state index in [4.69, 9.17) is 4.74 Å². The zero-order chi connectivity index (χ0) is 8.01. The van der Waals surface area contributed by atoms with Crippen LogP contribution in [0, 0.1) is 5.92 Å². The van der Waals surface area contributed by atoms with Gasteiger partial charge in [-0.3, -0.25) is 4.79 Å². The molecule has 4 atom stereocenters. The smallest absolute Gasteiger partial charge is 0.313 e. The molecule has 0 aromatic carbocycles. The number of esters is 1. The molecule has 1 heterocycles. The first-order chi connectivity index (χ1) is 5.20. The molecule has 1 aliphatic carbocycles. The molecule has 2 aliphatic rings. The zero-order valence-electron chi connectivity index (χ0n) is 5.61. The lowest BCUT2D eigenvalue weighted by Gasteiger charge is -2.19. The molecule has 2 rings (SSSR count). The number of ether oxygens (including phenoxy) is 1. The predicted octanol–water partition coefficient (Wildman–Crippen LogP) is 0.222. The van der Waals surface area contributed by atoms with E-state index in [0.29, 0.717) is 0 Å². The fraction of sp³-hybridized carbons (Fsp3) is 0.571. The summed E-state index contributed by atoms with van der Waals surface area (Å²) in [6.45, 7) is 0. The van der Waals surface area contributed by atoms with Crippen molar-refractivity contribution in [3.63, 3.8) is 0 Å². The van der Waals surface area contributed by atoms with Crippen LogP contribution in [-0.2, 0) is 9.53 Å². The number of carbonyl (C=O) groups is 1. The third kappa shape index (κ3) is 0.929. The lowest BCUT2D eigenvalue weighted by molar-refractivity contribution is -0.144. The van der Waals surface area contributed by atoms with Crippen LogP contribution < -0.4 is 0 Å². The maximum absolute atomic E-state index is 11.0. The number of rotatable bonds is 0. The summed E-state index contributed by atoms with van der Waals surface area (Å²) in [5, 5.41) is 9.32. The van der Waals surface area contributed by atoms with E-state index in [0.717, 1.165) is 0 Å². The van der Waals surface area contributed by atoms with Crippen molar-refractivity contribution >= 4 is 21.9 Å². The van der Waals surface area contributed by atoms with Crippen LogP contribution in [0.25, 0.3) is 0 Å². The second-order valence-electron chi connectivity index (χ2n) is 2.75. The fourth-order valence-electron chi connectivity index (χ4n) is 1.43. The summed E-state index contributed by atoms with van der Waals surface area (Å²) in [7, 11) is 0. The first-order valence-electron chi connectivity index (χ1n) is 3.41. The number of aliphatic hydroxyl groups is 1. The molecule has 0 spiro atoms. The van der Waals surface area contributed by atoms with Gasteiger partial charge in [0.15, 0.2) is 0 Å². The lowest BCUT2D eigenvalue weighted by Crippen LogP contribution is -2.33. The Labute approximate surface area is 72.2 Å². The topological polar surface area (TPSA) is 46.5 Å². The quantitative estimate of drug-likeness (QED) is 0.360. The summed E-state index contributed by atoms with van der Waals surface area (Å²) < 4.78 is 4.94. The van der Waals surface area contributed by atoms with Gasteiger partial charge in [-0.2, -0.15) is 0 Å². The van der Waals surface area contributed by atoms with Crippen molar-refractivity contribution in [1.29, 1.82) is 0 Å². The van der Waals surface area contributed by atoms with Crippen LogP contribution in [0.3, 0.4) is 0 Å². The number of alkyl halides is 1. The van der Waals surface area contributed by atoms with Crippen molar-refractivity contribution in [2.45, 2.75) is 17.0 Å². The maximum Gasteiger partial charge on any atom is 0.313 e. The summed E-state index contributed by atoms with van der Waals surface area (Å²) in [6, 6.07) is 0. The maximum atomic E-state index is 11.0. The Morgan fingerprint density at radius 3 is 2.91 bits per heavy atom. The average Bonchev–Trinajstić information content (AvgIpc) is 2.11. The number of hydrogen-bond acceptors (Lipinski definition) is 3. The Bertz CT molecular complexity index is 226. The van der Waals surface area contributed by atoms with Crippen LogP contribution in [0.1, 0.15) is 0 Å². The minimum atomic E-state index is -0.689. The summed E-state index contributed by atoms with van der Waals surface area (Å²) in [4.78, 5) is 11.0. The van der Waals surface area contributed by atoms with E-state index < -0.39 is 12.0 Å². The monoisotopic (exact) mass is 218 g/mol. The highest BCUT2D eigenvalue weighted by atomic mass is 79.9. The fourth-order valence-corrected chi connectivity index (χ4v) is 2.24. The van der Waals surface area contributed by atoms with E-state index >= 15 is 0 Å². The van der Waals surface area contributed by atoms with E-state index in [1.54, 1.807) is 12.2 Å². The minimum Gasteiger partial charge on any atom is -0.457 e. The predicted molar refractivity (Wildman–Crippen MR) is 41.2 cm³/mol. The highest BCUT2D eigenvalue weighted by molar-refractivity contribution is 9.09. The van der Waals surface area contributed by atoms with E-state index in [9.17, 15) is 9.90 Å². The summed E-state index contributed by atoms with van der Waals surface area (Å²) in [6.07, 6.45) is 2.45. The number of hydrogen-bond donors (Lipinski definition) is 1. The zero-order valence-corrected chi connectivity index (χ0v) is 7.19. The van der Waals surface area contributed by atoms with Crippen LogP contribution in [0.5, 0.6) is 0 Å². The third-order valence-corrected chi connectivity index (χ3v) is 3.14. The summed E-state index contributed by atoms with van der Waals surface area (Å²) >= 11 is 3.31. The van der Waals surface area contributed by atoms with E-state index in [2.05, 4.69) is 15.9 Å². The molecular weight excluding hydrogens is 212 g/mol. The second kappa shape index (κ2) is 2.32. The van der Waals surface area contributed by atoms with Gasteiger partial charge in [0.05, 0.1) is 10.9 Å². The van der Waals surface area contributed by atoms with Gasteiger partial charge in [0.2, 0.25) is 0 Å². The molecule has 0 aromatic heterocycles. The molecular formula is C7H7BrO3. The molecule has 4 unspecified atom stereocenters. The molecule has 0 amide bonds. The highest BCUT2D eigenvalue weighted by Gasteiger charge is 2.47. The average molecular weight is 219 g/mol. The van der Waals surface area contributed by atoms with Crippen LogP contribution in [0.4, 0.5) is 0 Å². The van der Waals surface area contributed by atoms with Gasteiger partial charge in [-0.15, -0.1) is 0 Å². The number of halogens is 1. The molecule has 3 nitrogen and oxygen atoms in total.